The van der Waals surface area contributed by atoms with E-state index in [1.807, 2.05) is 0 Å². The lowest BCUT2D eigenvalue weighted by Crippen LogP contribution is -2.25. The van der Waals surface area contributed by atoms with E-state index < -0.39 is 10.0 Å². The number of carbonyl (C=O) groups is 1. The van der Waals surface area contributed by atoms with Gasteiger partial charge in [-0.2, -0.15) is 0 Å². The van der Waals surface area contributed by atoms with Crippen LogP contribution in [0.15, 0.2) is 42.5 Å². The zero-order chi connectivity index (χ0) is 18.0. The predicted octanol–water partition coefficient (Wildman–Crippen LogP) is 3.14. The van der Waals surface area contributed by atoms with Crippen LogP contribution in [-0.4, -0.2) is 33.7 Å². The Hall–Kier alpha value is -2.25. The molecule has 0 unspecified atom stereocenters. The molecule has 132 valence electrons. The fourth-order valence-electron chi connectivity index (χ4n) is 2.72. The standard InChI is InChI=1S/C17H17ClN2O4S/c1-24-16-6-3-2-5-13(16)17(21)19-15-11-12(7-8-14(15)18)20-9-4-10-25(20,22)23/h2-3,5-8,11H,4,9-10H2,1H3,(H,19,21). The van der Waals surface area contributed by atoms with Crippen molar-refractivity contribution in [3.63, 3.8) is 0 Å². The highest BCUT2D eigenvalue weighted by molar-refractivity contribution is 7.93. The minimum Gasteiger partial charge on any atom is -0.496 e. The van der Waals surface area contributed by atoms with Crippen molar-refractivity contribution in [1.82, 2.24) is 0 Å². The van der Waals surface area contributed by atoms with E-state index in [0.717, 1.165) is 0 Å². The number of nitrogens with one attached hydrogen (secondary N) is 1. The number of carbonyl (C=O) groups excluding carboxylic acids is 1. The molecule has 3 rings (SSSR count). The summed E-state index contributed by atoms with van der Waals surface area (Å²) in [6, 6.07) is 11.6. The highest BCUT2D eigenvalue weighted by Crippen LogP contribution is 2.32. The van der Waals surface area contributed by atoms with Crippen LogP contribution in [0, 0.1) is 0 Å². The Labute approximate surface area is 151 Å². The van der Waals surface area contributed by atoms with Crippen LogP contribution in [0.1, 0.15) is 16.8 Å². The normalized spacial score (nSPS) is 15.8. The van der Waals surface area contributed by atoms with Crippen molar-refractivity contribution in [3.8, 4) is 5.75 Å². The SMILES string of the molecule is COc1ccccc1C(=O)Nc1cc(N2CCCS2(=O)=O)ccc1Cl. The van der Waals surface area contributed by atoms with Gasteiger partial charge in [-0.05, 0) is 36.8 Å². The molecule has 2 aromatic carbocycles. The molecule has 8 heteroatoms. The summed E-state index contributed by atoms with van der Waals surface area (Å²) in [5, 5.41) is 3.04. The molecule has 0 aliphatic carbocycles. The maximum atomic E-state index is 12.5. The third-order valence-corrected chi connectivity index (χ3v) is 6.14. The van der Waals surface area contributed by atoms with E-state index in [0.29, 0.717) is 40.7 Å². The molecule has 0 radical (unpaired) electrons. The number of para-hydroxylation sites is 1. The van der Waals surface area contributed by atoms with E-state index in [9.17, 15) is 13.2 Å². The molecule has 6 nitrogen and oxygen atoms in total. The summed E-state index contributed by atoms with van der Waals surface area (Å²) >= 11 is 6.17. The molecular formula is C17H17ClN2O4S. The van der Waals surface area contributed by atoms with Gasteiger partial charge in [-0.15, -0.1) is 0 Å². The lowest BCUT2D eigenvalue weighted by atomic mass is 10.1. The number of anilines is 2. The smallest absolute Gasteiger partial charge is 0.259 e. The first kappa shape index (κ1) is 17.6. The van der Waals surface area contributed by atoms with E-state index in [1.165, 1.54) is 11.4 Å². The van der Waals surface area contributed by atoms with Crippen LogP contribution in [0.2, 0.25) is 5.02 Å². The van der Waals surface area contributed by atoms with Gasteiger partial charge in [-0.3, -0.25) is 9.10 Å². The summed E-state index contributed by atoms with van der Waals surface area (Å²) < 4.78 is 30.7. The van der Waals surface area contributed by atoms with Gasteiger partial charge in [0.2, 0.25) is 10.0 Å². The van der Waals surface area contributed by atoms with Gasteiger partial charge in [0.25, 0.3) is 5.91 Å². The van der Waals surface area contributed by atoms with Gasteiger partial charge >= 0.3 is 0 Å². The van der Waals surface area contributed by atoms with Crippen LogP contribution < -0.4 is 14.4 Å². The van der Waals surface area contributed by atoms with Crippen molar-refractivity contribution < 1.29 is 17.9 Å². The zero-order valence-electron chi connectivity index (χ0n) is 13.5. The van der Waals surface area contributed by atoms with Crippen LogP contribution in [0.3, 0.4) is 0 Å². The molecule has 1 fully saturated rings. The highest BCUT2D eigenvalue weighted by atomic mass is 35.5. The van der Waals surface area contributed by atoms with Gasteiger partial charge in [-0.25, -0.2) is 8.42 Å². The highest BCUT2D eigenvalue weighted by Gasteiger charge is 2.29. The van der Waals surface area contributed by atoms with Crippen molar-refractivity contribution in [3.05, 3.63) is 53.1 Å². The number of rotatable bonds is 4. The van der Waals surface area contributed by atoms with Crippen molar-refractivity contribution in [2.24, 2.45) is 0 Å². The van der Waals surface area contributed by atoms with E-state index in [4.69, 9.17) is 16.3 Å². The molecular weight excluding hydrogens is 364 g/mol. The van der Waals surface area contributed by atoms with Gasteiger partial charge in [0, 0.05) is 6.54 Å². The third kappa shape index (κ3) is 3.57. The first-order valence-corrected chi connectivity index (χ1v) is 9.65. The Balaban J connectivity index is 1.90. The molecule has 1 N–H and O–H groups in total. The molecule has 1 amide bonds. The Morgan fingerprint density at radius 1 is 1.24 bits per heavy atom. The Morgan fingerprint density at radius 3 is 2.68 bits per heavy atom. The molecule has 0 spiro atoms. The minimum absolute atomic E-state index is 0.124. The molecule has 0 bridgehead atoms. The number of amides is 1. The second kappa shape index (κ2) is 6.93. The first-order chi connectivity index (χ1) is 11.9. The number of ether oxygens (including phenoxy) is 1. The number of hydrogen-bond acceptors (Lipinski definition) is 4. The number of nitrogens with zero attached hydrogens (tertiary/aromatic N) is 1. The number of benzene rings is 2. The minimum atomic E-state index is -3.30. The number of hydrogen-bond donors (Lipinski definition) is 1. The summed E-state index contributed by atoms with van der Waals surface area (Å²) in [7, 11) is -1.82. The topological polar surface area (TPSA) is 75.7 Å². The van der Waals surface area contributed by atoms with Gasteiger partial charge in [0.05, 0.1) is 34.8 Å². The van der Waals surface area contributed by atoms with Crippen LogP contribution in [0.5, 0.6) is 5.75 Å². The number of sulfonamides is 1. The average Bonchev–Trinajstić information content (AvgIpc) is 2.96. The molecule has 2 aromatic rings. The maximum absolute atomic E-state index is 12.5. The molecule has 1 aliphatic rings. The van der Waals surface area contributed by atoms with E-state index in [2.05, 4.69) is 5.32 Å². The predicted molar refractivity (Wildman–Crippen MR) is 98.1 cm³/mol. The van der Waals surface area contributed by atoms with Crippen molar-refractivity contribution >= 4 is 38.9 Å². The van der Waals surface area contributed by atoms with Crippen molar-refractivity contribution in [1.29, 1.82) is 0 Å². The Bertz CT molecular complexity index is 915. The van der Waals surface area contributed by atoms with Crippen LogP contribution in [-0.2, 0) is 10.0 Å². The van der Waals surface area contributed by atoms with E-state index in [1.54, 1.807) is 42.5 Å². The van der Waals surface area contributed by atoms with Gasteiger partial charge in [-0.1, -0.05) is 23.7 Å². The summed E-state index contributed by atoms with van der Waals surface area (Å²) in [4.78, 5) is 12.5. The van der Waals surface area contributed by atoms with E-state index >= 15 is 0 Å². The monoisotopic (exact) mass is 380 g/mol. The largest absolute Gasteiger partial charge is 0.496 e. The second-order valence-electron chi connectivity index (χ2n) is 5.56. The lowest BCUT2D eigenvalue weighted by Gasteiger charge is -2.18. The lowest BCUT2D eigenvalue weighted by molar-refractivity contribution is 0.102. The van der Waals surface area contributed by atoms with Crippen LogP contribution >= 0.6 is 11.6 Å². The molecule has 25 heavy (non-hydrogen) atoms. The summed E-state index contributed by atoms with van der Waals surface area (Å²) in [5.74, 6) is 0.175. The first-order valence-electron chi connectivity index (χ1n) is 7.67. The number of methoxy groups -OCH3 is 1. The Morgan fingerprint density at radius 2 is 2.00 bits per heavy atom. The summed E-state index contributed by atoms with van der Waals surface area (Å²) in [6.07, 6.45) is 0.577. The molecule has 1 saturated heterocycles. The van der Waals surface area contributed by atoms with Crippen LogP contribution in [0.4, 0.5) is 11.4 Å². The molecule has 0 saturated carbocycles. The molecule has 1 aliphatic heterocycles. The zero-order valence-corrected chi connectivity index (χ0v) is 15.1. The third-order valence-electron chi connectivity index (χ3n) is 3.94. The fraction of sp³-hybridized carbons (Fsp3) is 0.235. The molecule has 1 heterocycles. The molecule has 0 aromatic heterocycles. The number of halogens is 1. The van der Waals surface area contributed by atoms with Crippen molar-refractivity contribution in [2.45, 2.75) is 6.42 Å². The van der Waals surface area contributed by atoms with Crippen molar-refractivity contribution in [2.75, 3.05) is 29.0 Å². The summed E-state index contributed by atoms with van der Waals surface area (Å²) in [6.45, 7) is 0.420. The maximum Gasteiger partial charge on any atom is 0.259 e. The second-order valence-corrected chi connectivity index (χ2v) is 7.98. The van der Waals surface area contributed by atoms with Crippen LogP contribution in [0.25, 0.3) is 0 Å². The molecule has 0 atom stereocenters. The van der Waals surface area contributed by atoms with Gasteiger partial charge in [0.15, 0.2) is 0 Å². The fourth-order valence-corrected chi connectivity index (χ4v) is 4.44. The van der Waals surface area contributed by atoms with Gasteiger partial charge in [0.1, 0.15) is 5.75 Å². The quantitative estimate of drug-likeness (QED) is 0.884. The van der Waals surface area contributed by atoms with E-state index in [-0.39, 0.29) is 11.7 Å². The Kier molecular flexibility index (Phi) is 4.87. The van der Waals surface area contributed by atoms with Gasteiger partial charge < -0.3 is 10.1 Å². The average molecular weight is 381 g/mol. The summed E-state index contributed by atoms with van der Waals surface area (Å²) in [5.41, 5.74) is 1.19.